The van der Waals surface area contributed by atoms with Crippen LogP contribution in [0.25, 0.3) is 0 Å². The van der Waals surface area contributed by atoms with E-state index in [0.717, 1.165) is 25.8 Å². The Morgan fingerprint density at radius 2 is 2.29 bits per heavy atom. The fraction of sp³-hybridized carbons (Fsp3) is 0.917. The van der Waals surface area contributed by atoms with E-state index in [1.165, 1.54) is 0 Å². The predicted molar refractivity (Wildman–Crippen MR) is 61.6 cm³/mol. The third-order valence-electron chi connectivity index (χ3n) is 4.03. The number of ether oxygens (including phenoxy) is 2. The van der Waals surface area contributed by atoms with Crippen molar-refractivity contribution >= 4 is 5.91 Å². The Kier molecular flexibility index (Phi) is 3.06. The molecular formula is C12H20N2O3. The van der Waals surface area contributed by atoms with Crippen LogP contribution in [0, 0.1) is 0 Å². The maximum absolute atomic E-state index is 12.1. The zero-order chi connectivity index (χ0) is 11.8. The second-order valence-electron chi connectivity index (χ2n) is 5.23. The summed E-state index contributed by atoms with van der Waals surface area (Å²) in [6.45, 7) is 3.37. The fourth-order valence-corrected chi connectivity index (χ4v) is 3.09. The first-order valence-electron chi connectivity index (χ1n) is 6.55. The highest BCUT2D eigenvalue weighted by atomic mass is 16.5. The van der Waals surface area contributed by atoms with Crippen molar-refractivity contribution < 1.29 is 14.3 Å². The number of carbonyl (C=O) groups is 1. The number of fused-ring (bicyclic) bond motifs is 2. The summed E-state index contributed by atoms with van der Waals surface area (Å²) in [4.78, 5) is 12.1. The lowest BCUT2D eigenvalue weighted by Gasteiger charge is -2.31. The highest BCUT2D eigenvalue weighted by molar-refractivity contribution is 5.82. The van der Waals surface area contributed by atoms with Crippen molar-refractivity contribution in [2.75, 3.05) is 13.2 Å². The smallest absolute Gasteiger partial charge is 0.240 e. The van der Waals surface area contributed by atoms with E-state index in [9.17, 15) is 4.79 Å². The average Bonchev–Trinajstić information content (AvgIpc) is 2.91. The topological polar surface area (TPSA) is 59.6 Å². The van der Waals surface area contributed by atoms with E-state index in [-0.39, 0.29) is 30.2 Å². The lowest BCUT2D eigenvalue weighted by Crippen LogP contribution is -2.58. The molecule has 3 rings (SSSR count). The highest BCUT2D eigenvalue weighted by Crippen LogP contribution is 2.34. The van der Waals surface area contributed by atoms with E-state index in [0.29, 0.717) is 12.7 Å². The molecule has 2 N–H and O–H groups in total. The van der Waals surface area contributed by atoms with E-state index in [1.807, 2.05) is 6.92 Å². The zero-order valence-corrected chi connectivity index (χ0v) is 10.1. The van der Waals surface area contributed by atoms with Gasteiger partial charge in [0.1, 0.15) is 6.04 Å². The highest BCUT2D eigenvalue weighted by Gasteiger charge is 2.42. The molecule has 5 atom stereocenters. The Balaban J connectivity index is 1.56. The van der Waals surface area contributed by atoms with E-state index < -0.39 is 0 Å². The summed E-state index contributed by atoms with van der Waals surface area (Å²) >= 11 is 0. The number of nitrogens with one attached hydrogen (secondary N) is 2. The molecule has 0 saturated carbocycles. The van der Waals surface area contributed by atoms with E-state index >= 15 is 0 Å². The van der Waals surface area contributed by atoms with Crippen molar-refractivity contribution in [3.8, 4) is 0 Å². The molecule has 0 radical (unpaired) electrons. The SMILES string of the molecule is C[C@H]1OCCN[C@@H]1C(=O)NC1CC2CCC1O2. The van der Waals surface area contributed by atoms with E-state index in [4.69, 9.17) is 9.47 Å². The van der Waals surface area contributed by atoms with Crippen molar-refractivity contribution in [1.29, 1.82) is 0 Å². The molecule has 0 aromatic rings. The van der Waals surface area contributed by atoms with Crippen LogP contribution in [-0.4, -0.2) is 49.5 Å². The fourth-order valence-electron chi connectivity index (χ4n) is 3.09. The number of hydrogen-bond donors (Lipinski definition) is 2. The van der Waals surface area contributed by atoms with Gasteiger partial charge < -0.3 is 20.1 Å². The minimum Gasteiger partial charge on any atom is -0.375 e. The molecule has 0 spiro atoms. The second-order valence-corrected chi connectivity index (χ2v) is 5.23. The number of rotatable bonds is 2. The molecule has 1 amide bonds. The normalized spacial score (nSPS) is 44.9. The van der Waals surface area contributed by atoms with Crippen LogP contribution in [0.3, 0.4) is 0 Å². The molecule has 3 heterocycles. The molecule has 3 fully saturated rings. The van der Waals surface area contributed by atoms with Gasteiger partial charge in [-0.25, -0.2) is 0 Å². The van der Waals surface area contributed by atoms with Gasteiger partial charge in [0.2, 0.25) is 5.91 Å². The van der Waals surface area contributed by atoms with Crippen molar-refractivity contribution in [2.24, 2.45) is 0 Å². The molecular weight excluding hydrogens is 220 g/mol. The summed E-state index contributed by atoms with van der Waals surface area (Å²) in [7, 11) is 0. The number of amides is 1. The largest absolute Gasteiger partial charge is 0.375 e. The van der Waals surface area contributed by atoms with Gasteiger partial charge in [-0.15, -0.1) is 0 Å². The molecule has 5 heteroatoms. The van der Waals surface area contributed by atoms with Crippen molar-refractivity contribution in [3.63, 3.8) is 0 Å². The standard InChI is InChI=1S/C12H20N2O3/c1-7-11(13-4-5-16-7)12(15)14-9-6-8-2-3-10(9)17-8/h7-11,13H,2-6H2,1H3,(H,14,15)/t7-,8?,9?,10?,11+/m1/s1. The third kappa shape index (κ3) is 2.19. The first-order valence-corrected chi connectivity index (χ1v) is 6.55. The third-order valence-corrected chi connectivity index (χ3v) is 4.03. The van der Waals surface area contributed by atoms with Gasteiger partial charge in [0, 0.05) is 6.54 Å². The quantitative estimate of drug-likeness (QED) is 0.702. The van der Waals surface area contributed by atoms with Gasteiger partial charge in [-0.05, 0) is 26.2 Å². The molecule has 3 saturated heterocycles. The molecule has 0 aliphatic carbocycles. The van der Waals surface area contributed by atoms with Crippen LogP contribution in [0.4, 0.5) is 0 Å². The van der Waals surface area contributed by atoms with Crippen LogP contribution < -0.4 is 10.6 Å². The van der Waals surface area contributed by atoms with Crippen LogP contribution in [0.1, 0.15) is 26.2 Å². The zero-order valence-electron chi connectivity index (χ0n) is 10.1. The second kappa shape index (κ2) is 4.55. The molecule has 96 valence electrons. The van der Waals surface area contributed by atoms with Gasteiger partial charge in [0.05, 0.1) is 31.0 Å². The lowest BCUT2D eigenvalue weighted by atomic mass is 9.95. The molecule has 3 aliphatic rings. The Bertz CT molecular complexity index is 310. The summed E-state index contributed by atoms with van der Waals surface area (Å²) in [5.74, 6) is 0.0540. The maximum Gasteiger partial charge on any atom is 0.240 e. The molecule has 17 heavy (non-hydrogen) atoms. The van der Waals surface area contributed by atoms with Crippen molar-refractivity contribution in [3.05, 3.63) is 0 Å². The van der Waals surface area contributed by atoms with Gasteiger partial charge in [-0.1, -0.05) is 0 Å². The molecule has 5 nitrogen and oxygen atoms in total. The van der Waals surface area contributed by atoms with Gasteiger partial charge in [0.15, 0.2) is 0 Å². The molecule has 3 aliphatic heterocycles. The molecule has 0 aromatic heterocycles. The van der Waals surface area contributed by atoms with E-state index in [2.05, 4.69) is 10.6 Å². The molecule has 2 bridgehead atoms. The van der Waals surface area contributed by atoms with Crippen LogP contribution in [-0.2, 0) is 14.3 Å². The summed E-state index contributed by atoms with van der Waals surface area (Å²) < 4.78 is 11.2. The number of morpholine rings is 1. The summed E-state index contributed by atoms with van der Waals surface area (Å²) in [6.07, 6.45) is 3.77. The minimum absolute atomic E-state index is 0.0525. The van der Waals surface area contributed by atoms with Gasteiger partial charge in [-0.3, -0.25) is 4.79 Å². The Morgan fingerprint density at radius 3 is 2.94 bits per heavy atom. The summed E-state index contributed by atoms with van der Waals surface area (Å²) in [5.41, 5.74) is 0. The number of hydrogen-bond acceptors (Lipinski definition) is 4. The lowest BCUT2D eigenvalue weighted by molar-refractivity contribution is -0.130. The first kappa shape index (κ1) is 11.4. The van der Waals surface area contributed by atoms with Crippen LogP contribution >= 0.6 is 0 Å². The average molecular weight is 240 g/mol. The molecule has 0 aromatic carbocycles. The Labute approximate surface area is 101 Å². The predicted octanol–water partition coefficient (Wildman–Crippen LogP) is -0.201. The van der Waals surface area contributed by atoms with Gasteiger partial charge in [-0.2, -0.15) is 0 Å². The monoisotopic (exact) mass is 240 g/mol. The number of carbonyl (C=O) groups excluding carboxylic acids is 1. The molecule has 3 unspecified atom stereocenters. The van der Waals surface area contributed by atoms with Crippen LogP contribution in [0.15, 0.2) is 0 Å². The van der Waals surface area contributed by atoms with Crippen LogP contribution in [0.2, 0.25) is 0 Å². The minimum atomic E-state index is -0.220. The summed E-state index contributed by atoms with van der Waals surface area (Å²) in [6, 6.07) is -0.0138. The van der Waals surface area contributed by atoms with Gasteiger partial charge >= 0.3 is 0 Å². The Hall–Kier alpha value is -0.650. The van der Waals surface area contributed by atoms with Crippen molar-refractivity contribution in [2.45, 2.75) is 56.6 Å². The van der Waals surface area contributed by atoms with Crippen molar-refractivity contribution in [1.82, 2.24) is 10.6 Å². The summed E-state index contributed by atoms with van der Waals surface area (Å²) in [5, 5.41) is 6.31. The van der Waals surface area contributed by atoms with Gasteiger partial charge in [0.25, 0.3) is 0 Å². The Morgan fingerprint density at radius 1 is 1.41 bits per heavy atom. The van der Waals surface area contributed by atoms with Crippen LogP contribution in [0.5, 0.6) is 0 Å². The first-order chi connectivity index (χ1) is 8.24. The van der Waals surface area contributed by atoms with E-state index in [1.54, 1.807) is 0 Å². The maximum atomic E-state index is 12.1.